The summed E-state index contributed by atoms with van der Waals surface area (Å²) in [6.45, 7) is 2.09. The van der Waals surface area contributed by atoms with E-state index in [-0.39, 0.29) is 0 Å². The average molecular weight is 220 g/mol. The molecule has 3 rings (SSSR count). The van der Waals surface area contributed by atoms with Crippen LogP contribution in [0.3, 0.4) is 0 Å². The van der Waals surface area contributed by atoms with Gasteiger partial charge in [-0.2, -0.15) is 0 Å². The molecule has 1 heterocycles. The van der Waals surface area contributed by atoms with Crippen molar-refractivity contribution in [2.75, 3.05) is 0 Å². The Hall–Kier alpha value is -2.02. The summed E-state index contributed by atoms with van der Waals surface area (Å²) in [5.41, 5.74) is 4.91. The summed E-state index contributed by atoms with van der Waals surface area (Å²) in [7, 11) is 0. The summed E-state index contributed by atoms with van der Waals surface area (Å²) >= 11 is 0. The maximum Gasteiger partial charge on any atom is 0.0500 e. The van der Waals surface area contributed by atoms with E-state index in [0.717, 1.165) is 0 Å². The van der Waals surface area contributed by atoms with E-state index in [2.05, 4.69) is 66.9 Å². The van der Waals surface area contributed by atoms with Crippen LogP contribution in [0, 0.1) is 6.42 Å². The number of fused-ring (bicyclic) bond motifs is 1. The number of rotatable bonds is 2. The fourth-order valence-corrected chi connectivity index (χ4v) is 2.30. The van der Waals surface area contributed by atoms with Crippen LogP contribution in [-0.4, -0.2) is 4.98 Å². The molecular formula is C16H14N. The lowest BCUT2D eigenvalue weighted by atomic mass is 10.0. The highest BCUT2D eigenvalue weighted by molar-refractivity contribution is 5.92. The zero-order valence-electron chi connectivity index (χ0n) is 9.77. The predicted octanol–water partition coefficient (Wildman–Crippen LogP) is 4.41. The molecule has 0 saturated carbocycles. The van der Waals surface area contributed by atoms with Crippen molar-refractivity contribution in [2.24, 2.45) is 0 Å². The summed E-state index contributed by atoms with van der Waals surface area (Å²) < 4.78 is 0. The van der Waals surface area contributed by atoms with Gasteiger partial charge in [-0.3, -0.25) is 0 Å². The fraction of sp³-hybridized carbons (Fsp3) is 0.0625. The summed E-state index contributed by atoms with van der Waals surface area (Å²) in [4.78, 5) is 3.50. The van der Waals surface area contributed by atoms with E-state index in [0.29, 0.717) is 0 Å². The third-order valence-electron chi connectivity index (χ3n) is 3.10. The molecule has 1 nitrogen and oxygen atoms in total. The molecule has 2 aromatic carbocycles. The van der Waals surface area contributed by atoms with E-state index in [1.165, 1.54) is 27.7 Å². The molecule has 17 heavy (non-hydrogen) atoms. The maximum absolute atomic E-state index is 3.50. The van der Waals surface area contributed by atoms with Gasteiger partial charge >= 0.3 is 0 Å². The van der Waals surface area contributed by atoms with Gasteiger partial charge in [0.15, 0.2) is 0 Å². The van der Waals surface area contributed by atoms with Crippen LogP contribution in [0.4, 0.5) is 0 Å². The van der Waals surface area contributed by atoms with Crippen LogP contribution in [0.1, 0.15) is 12.5 Å². The SMILES string of the molecule is C[CH]c1c(-c2ccccc2)[nH]c2ccccc12. The van der Waals surface area contributed by atoms with Crippen LogP contribution in [0.25, 0.3) is 22.2 Å². The largest absolute Gasteiger partial charge is 0.354 e. The van der Waals surface area contributed by atoms with Gasteiger partial charge in [0.1, 0.15) is 0 Å². The molecule has 1 heteroatoms. The average Bonchev–Trinajstić information content (AvgIpc) is 2.78. The van der Waals surface area contributed by atoms with Crippen molar-refractivity contribution in [1.29, 1.82) is 0 Å². The smallest absolute Gasteiger partial charge is 0.0500 e. The fourth-order valence-electron chi connectivity index (χ4n) is 2.30. The zero-order chi connectivity index (χ0) is 11.7. The quantitative estimate of drug-likeness (QED) is 0.658. The number of hydrogen-bond donors (Lipinski definition) is 1. The van der Waals surface area contributed by atoms with Gasteiger partial charge in [0.2, 0.25) is 0 Å². The van der Waals surface area contributed by atoms with E-state index in [1.807, 2.05) is 6.07 Å². The molecule has 0 aliphatic carbocycles. The molecule has 0 aliphatic rings. The van der Waals surface area contributed by atoms with Crippen LogP contribution in [0.5, 0.6) is 0 Å². The minimum absolute atomic E-state index is 1.19. The molecule has 3 aromatic rings. The highest BCUT2D eigenvalue weighted by Crippen LogP contribution is 2.30. The third kappa shape index (κ3) is 1.64. The van der Waals surface area contributed by atoms with E-state index in [4.69, 9.17) is 0 Å². The van der Waals surface area contributed by atoms with Gasteiger partial charge in [-0.25, -0.2) is 0 Å². The van der Waals surface area contributed by atoms with Gasteiger partial charge < -0.3 is 4.98 Å². The van der Waals surface area contributed by atoms with Crippen molar-refractivity contribution in [2.45, 2.75) is 6.92 Å². The second kappa shape index (κ2) is 4.10. The van der Waals surface area contributed by atoms with Crippen molar-refractivity contribution < 1.29 is 0 Å². The monoisotopic (exact) mass is 220 g/mol. The molecule has 0 aliphatic heterocycles. The van der Waals surface area contributed by atoms with Gasteiger partial charge in [-0.1, -0.05) is 55.5 Å². The number of hydrogen-bond acceptors (Lipinski definition) is 0. The number of aromatic nitrogens is 1. The van der Waals surface area contributed by atoms with Gasteiger partial charge in [-0.05, 0) is 23.6 Å². The summed E-state index contributed by atoms with van der Waals surface area (Å²) in [5, 5.41) is 1.29. The summed E-state index contributed by atoms with van der Waals surface area (Å²) in [6.07, 6.45) is 2.17. The Morgan fingerprint density at radius 1 is 0.882 bits per heavy atom. The number of benzene rings is 2. The minimum Gasteiger partial charge on any atom is -0.354 e. The molecule has 1 aromatic heterocycles. The molecular weight excluding hydrogens is 206 g/mol. The van der Waals surface area contributed by atoms with Crippen LogP contribution in [0.15, 0.2) is 54.6 Å². The second-order valence-electron chi connectivity index (χ2n) is 4.11. The Bertz CT molecular complexity index is 635. The molecule has 0 amide bonds. The van der Waals surface area contributed by atoms with Crippen LogP contribution >= 0.6 is 0 Å². The van der Waals surface area contributed by atoms with E-state index in [1.54, 1.807) is 0 Å². The molecule has 0 saturated heterocycles. The standard InChI is InChI=1S/C16H14N/c1-2-13-14-10-6-7-11-15(14)17-16(13)12-8-4-3-5-9-12/h2-11,17H,1H3. The predicted molar refractivity (Wildman–Crippen MR) is 72.8 cm³/mol. The molecule has 83 valence electrons. The molecule has 1 radical (unpaired) electrons. The lowest BCUT2D eigenvalue weighted by Crippen LogP contribution is -1.82. The molecule has 0 spiro atoms. The molecule has 0 unspecified atom stereocenters. The molecule has 0 bridgehead atoms. The summed E-state index contributed by atoms with van der Waals surface area (Å²) in [6, 6.07) is 18.9. The second-order valence-corrected chi connectivity index (χ2v) is 4.11. The normalized spacial score (nSPS) is 10.9. The molecule has 0 fully saturated rings. The Balaban J connectivity index is 2.30. The van der Waals surface area contributed by atoms with E-state index >= 15 is 0 Å². The first kappa shape index (κ1) is 10.2. The molecule has 1 N–H and O–H groups in total. The van der Waals surface area contributed by atoms with Crippen molar-refractivity contribution in [3.05, 3.63) is 66.6 Å². The highest BCUT2D eigenvalue weighted by Gasteiger charge is 2.10. The molecule has 0 atom stereocenters. The van der Waals surface area contributed by atoms with Gasteiger partial charge in [-0.15, -0.1) is 0 Å². The lowest BCUT2D eigenvalue weighted by molar-refractivity contribution is 1.39. The highest BCUT2D eigenvalue weighted by atomic mass is 14.7. The van der Waals surface area contributed by atoms with Crippen LogP contribution in [0.2, 0.25) is 0 Å². The Morgan fingerprint density at radius 3 is 2.35 bits per heavy atom. The van der Waals surface area contributed by atoms with Crippen LogP contribution < -0.4 is 0 Å². The number of aromatic amines is 1. The van der Waals surface area contributed by atoms with Gasteiger partial charge in [0.25, 0.3) is 0 Å². The van der Waals surface area contributed by atoms with Crippen LogP contribution in [-0.2, 0) is 0 Å². The van der Waals surface area contributed by atoms with Crippen molar-refractivity contribution in [3.8, 4) is 11.3 Å². The topological polar surface area (TPSA) is 15.8 Å². The minimum atomic E-state index is 1.19. The van der Waals surface area contributed by atoms with E-state index < -0.39 is 0 Å². The van der Waals surface area contributed by atoms with E-state index in [9.17, 15) is 0 Å². The lowest BCUT2D eigenvalue weighted by Gasteiger charge is -2.01. The van der Waals surface area contributed by atoms with Crippen molar-refractivity contribution in [1.82, 2.24) is 4.98 Å². The third-order valence-corrected chi connectivity index (χ3v) is 3.10. The Labute approximate surface area is 101 Å². The van der Waals surface area contributed by atoms with Gasteiger partial charge in [0, 0.05) is 16.6 Å². The zero-order valence-corrected chi connectivity index (χ0v) is 9.77. The maximum atomic E-state index is 3.50. The number of para-hydroxylation sites is 1. The first-order valence-electron chi connectivity index (χ1n) is 5.85. The van der Waals surface area contributed by atoms with Crippen molar-refractivity contribution in [3.63, 3.8) is 0 Å². The first-order chi connectivity index (χ1) is 8.40. The van der Waals surface area contributed by atoms with Crippen molar-refractivity contribution >= 4 is 10.9 Å². The number of nitrogens with one attached hydrogen (secondary N) is 1. The van der Waals surface area contributed by atoms with Gasteiger partial charge in [0.05, 0.1) is 0 Å². The Kier molecular flexibility index (Phi) is 2.45. The summed E-state index contributed by atoms with van der Waals surface area (Å²) in [5.74, 6) is 0. The number of H-pyrrole nitrogens is 1. The Morgan fingerprint density at radius 2 is 1.59 bits per heavy atom. The first-order valence-corrected chi connectivity index (χ1v) is 5.85.